The van der Waals surface area contributed by atoms with Gasteiger partial charge in [-0.25, -0.2) is 0 Å². The average molecular weight is 439 g/mol. The lowest BCUT2D eigenvalue weighted by Gasteiger charge is -2.32. The Morgan fingerprint density at radius 1 is 1.09 bits per heavy atom. The fraction of sp³-hybridized carbons (Fsp3) is 0.440. The highest BCUT2D eigenvalue weighted by molar-refractivity contribution is 5.97. The van der Waals surface area contributed by atoms with Crippen molar-refractivity contribution in [3.63, 3.8) is 0 Å². The first-order valence-electron chi connectivity index (χ1n) is 11.1. The largest absolute Gasteiger partial charge is 0.496 e. The first-order valence-corrected chi connectivity index (χ1v) is 11.1. The SMILES string of the molecule is COc1ccccc1CC(C)NCc1cc(NC(C)=O)cc(C(=O)N2CCN(C)CC2)c1. The molecule has 0 saturated carbocycles. The minimum Gasteiger partial charge on any atom is -0.496 e. The molecule has 1 fully saturated rings. The highest BCUT2D eigenvalue weighted by Crippen LogP contribution is 2.20. The molecule has 1 atom stereocenters. The summed E-state index contributed by atoms with van der Waals surface area (Å²) in [6, 6.07) is 13.8. The summed E-state index contributed by atoms with van der Waals surface area (Å²) >= 11 is 0. The van der Waals surface area contributed by atoms with Crippen LogP contribution in [-0.4, -0.2) is 68.0 Å². The lowest BCUT2D eigenvalue weighted by molar-refractivity contribution is -0.114. The fourth-order valence-electron chi connectivity index (χ4n) is 3.95. The quantitative estimate of drug-likeness (QED) is 0.663. The molecule has 1 aliphatic heterocycles. The van der Waals surface area contributed by atoms with E-state index in [2.05, 4.69) is 35.6 Å². The molecule has 2 aromatic carbocycles. The number of nitrogens with zero attached hydrogens (tertiary/aromatic N) is 2. The van der Waals surface area contributed by atoms with E-state index in [-0.39, 0.29) is 17.9 Å². The highest BCUT2D eigenvalue weighted by atomic mass is 16.5. The van der Waals surface area contributed by atoms with Crippen molar-refractivity contribution in [1.29, 1.82) is 0 Å². The molecule has 7 nitrogen and oxygen atoms in total. The topological polar surface area (TPSA) is 73.9 Å². The lowest BCUT2D eigenvalue weighted by Crippen LogP contribution is -2.47. The van der Waals surface area contributed by atoms with E-state index in [4.69, 9.17) is 4.74 Å². The van der Waals surface area contributed by atoms with Gasteiger partial charge in [-0.1, -0.05) is 18.2 Å². The third-order valence-corrected chi connectivity index (χ3v) is 5.72. The lowest BCUT2D eigenvalue weighted by atomic mass is 10.0. The maximum atomic E-state index is 13.1. The summed E-state index contributed by atoms with van der Waals surface area (Å²) in [5.41, 5.74) is 3.36. The number of hydrogen-bond donors (Lipinski definition) is 2. The average Bonchev–Trinajstić information content (AvgIpc) is 2.77. The predicted octanol–water partition coefficient (Wildman–Crippen LogP) is 2.76. The normalized spacial score (nSPS) is 15.3. The number of carbonyl (C=O) groups is 2. The summed E-state index contributed by atoms with van der Waals surface area (Å²) in [6.45, 7) is 7.35. The monoisotopic (exact) mass is 438 g/mol. The summed E-state index contributed by atoms with van der Waals surface area (Å²) in [6.07, 6.45) is 0.822. The summed E-state index contributed by atoms with van der Waals surface area (Å²) in [5, 5.41) is 6.36. The van der Waals surface area contributed by atoms with Gasteiger partial charge in [0.2, 0.25) is 5.91 Å². The Labute approximate surface area is 190 Å². The smallest absolute Gasteiger partial charge is 0.254 e. The first-order chi connectivity index (χ1) is 15.4. The van der Waals surface area contributed by atoms with E-state index in [1.807, 2.05) is 35.2 Å². The standard InChI is InChI=1S/C25H34N4O3/c1-18(13-21-7-5-6-8-24(21)32-4)26-17-20-14-22(16-23(15-20)27-19(2)30)25(31)29-11-9-28(3)10-12-29/h5-8,14-16,18,26H,9-13,17H2,1-4H3,(H,27,30). The van der Waals surface area contributed by atoms with Gasteiger partial charge in [0.05, 0.1) is 7.11 Å². The van der Waals surface area contributed by atoms with Crippen molar-refractivity contribution in [2.75, 3.05) is 45.7 Å². The van der Waals surface area contributed by atoms with Crippen LogP contribution in [0.15, 0.2) is 42.5 Å². The number of carbonyl (C=O) groups excluding carboxylic acids is 2. The van der Waals surface area contributed by atoms with E-state index in [0.29, 0.717) is 30.9 Å². The molecule has 0 radical (unpaired) electrons. The molecule has 0 bridgehead atoms. The van der Waals surface area contributed by atoms with Gasteiger partial charge in [0, 0.05) is 56.9 Å². The maximum Gasteiger partial charge on any atom is 0.254 e. The van der Waals surface area contributed by atoms with E-state index in [1.165, 1.54) is 6.92 Å². The first kappa shape index (κ1) is 23.8. The molecule has 1 heterocycles. The zero-order chi connectivity index (χ0) is 23.1. The number of piperazine rings is 1. The van der Waals surface area contributed by atoms with Crippen LogP contribution in [0.2, 0.25) is 0 Å². The van der Waals surface area contributed by atoms with E-state index in [0.717, 1.165) is 36.4 Å². The number of amides is 2. The van der Waals surface area contributed by atoms with Crippen LogP contribution in [0.1, 0.15) is 35.3 Å². The molecule has 2 aromatic rings. The number of hydrogen-bond acceptors (Lipinski definition) is 5. The van der Waals surface area contributed by atoms with Crippen LogP contribution in [0.25, 0.3) is 0 Å². The third kappa shape index (κ3) is 6.55. The number of methoxy groups -OCH3 is 1. The van der Waals surface area contributed by atoms with Gasteiger partial charge in [0.1, 0.15) is 5.75 Å². The van der Waals surface area contributed by atoms with Gasteiger partial charge in [0.25, 0.3) is 5.91 Å². The highest BCUT2D eigenvalue weighted by Gasteiger charge is 2.21. The molecular weight excluding hydrogens is 404 g/mol. The number of para-hydroxylation sites is 1. The Bertz CT molecular complexity index is 939. The third-order valence-electron chi connectivity index (χ3n) is 5.72. The molecule has 0 aliphatic carbocycles. The van der Waals surface area contributed by atoms with Crippen LogP contribution in [-0.2, 0) is 17.8 Å². The zero-order valence-electron chi connectivity index (χ0n) is 19.5. The van der Waals surface area contributed by atoms with Crippen molar-refractivity contribution in [2.45, 2.75) is 32.9 Å². The van der Waals surface area contributed by atoms with E-state index in [9.17, 15) is 9.59 Å². The molecule has 32 heavy (non-hydrogen) atoms. The molecule has 1 aliphatic rings. The molecule has 172 valence electrons. The molecule has 2 amide bonds. The van der Waals surface area contributed by atoms with Crippen molar-refractivity contribution in [2.24, 2.45) is 0 Å². The Kier molecular flexibility index (Phi) is 8.25. The van der Waals surface area contributed by atoms with E-state index < -0.39 is 0 Å². The number of nitrogens with one attached hydrogen (secondary N) is 2. The minimum atomic E-state index is -0.155. The number of likely N-dealkylation sites (N-methyl/N-ethyl adjacent to an activating group) is 1. The van der Waals surface area contributed by atoms with Crippen LogP contribution >= 0.6 is 0 Å². The Balaban J connectivity index is 1.71. The second-order valence-electron chi connectivity index (χ2n) is 8.49. The summed E-state index contributed by atoms with van der Waals surface area (Å²) < 4.78 is 5.45. The van der Waals surface area contributed by atoms with Crippen LogP contribution in [0.5, 0.6) is 5.75 Å². The van der Waals surface area contributed by atoms with Crippen molar-refractivity contribution < 1.29 is 14.3 Å². The molecular formula is C25H34N4O3. The van der Waals surface area contributed by atoms with Crippen LogP contribution in [0, 0.1) is 0 Å². The Morgan fingerprint density at radius 2 is 1.81 bits per heavy atom. The van der Waals surface area contributed by atoms with Gasteiger partial charge in [-0.05, 0) is 55.8 Å². The number of benzene rings is 2. The van der Waals surface area contributed by atoms with Crippen LogP contribution < -0.4 is 15.4 Å². The summed E-state index contributed by atoms with van der Waals surface area (Å²) in [7, 11) is 3.75. The van der Waals surface area contributed by atoms with Gasteiger partial charge in [-0.2, -0.15) is 0 Å². The van der Waals surface area contributed by atoms with Gasteiger partial charge in [-0.3, -0.25) is 9.59 Å². The fourth-order valence-corrected chi connectivity index (χ4v) is 3.95. The summed E-state index contributed by atoms with van der Waals surface area (Å²) in [4.78, 5) is 28.8. The Morgan fingerprint density at radius 3 is 2.50 bits per heavy atom. The minimum absolute atomic E-state index is 0.00798. The molecule has 1 unspecified atom stereocenters. The Hall–Kier alpha value is -2.90. The summed E-state index contributed by atoms with van der Waals surface area (Å²) in [5.74, 6) is 0.736. The molecule has 0 aromatic heterocycles. The predicted molar refractivity (Wildman–Crippen MR) is 127 cm³/mol. The van der Waals surface area contributed by atoms with Gasteiger partial charge in [-0.15, -0.1) is 0 Å². The van der Waals surface area contributed by atoms with Gasteiger partial charge in [0.15, 0.2) is 0 Å². The molecule has 3 rings (SSSR count). The van der Waals surface area contributed by atoms with Crippen molar-refractivity contribution in [3.05, 3.63) is 59.2 Å². The van der Waals surface area contributed by atoms with Gasteiger partial charge < -0.3 is 25.2 Å². The molecule has 0 spiro atoms. The number of rotatable bonds is 8. The maximum absolute atomic E-state index is 13.1. The van der Waals surface area contributed by atoms with E-state index >= 15 is 0 Å². The number of ether oxygens (including phenoxy) is 1. The van der Waals surface area contributed by atoms with Crippen molar-refractivity contribution >= 4 is 17.5 Å². The van der Waals surface area contributed by atoms with Crippen LogP contribution in [0.3, 0.4) is 0 Å². The van der Waals surface area contributed by atoms with Crippen molar-refractivity contribution in [1.82, 2.24) is 15.1 Å². The van der Waals surface area contributed by atoms with Crippen molar-refractivity contribution in [3.8, 4) is 5.75 Å². The van der Waals surface area contributed by atoms with Crippen LogP contribution in [0.4, 0.5) is 5.69 Å². The zero-order valence-corrected chi connectivity index (χ0v) is 19.5. The molecule has 7 heteroatoms. The molecule has 2 N–H and O–H groups in total. The van der Waals surface area contributed by atoms with E-state index in [1.54, 1.807) is 13.2 Å². The van der Waals surface area contributed by atoms with Gasteiger partial charge >= 0.3 is 0 Å². The second-order valence-corrected chi connectivity index (χ2v) is 8.49. The molecule has 1 saturated heterocycles. The number of anilines is 1. The second kappa shape index (κ2) is 11.1.